The van der Waals surface area contributed by atoms with Crippen LogP contribution in [0.3, 0.4) is 0 Å². The van der Waals surface area contributed by atoms with Crippen molar-refractivity contribution in [3.8, 4) is 17.6 Å². The van der Waals surface area contributed by atoms with Crippen LogP contribution in [0, 0.1) is 11.3 Å². The van der Waals surface area contributed by atoms with Crippen molar-refractivity contribution in [1.29, 1.82) is 5.26 Å². The highest BCUT2D eigenvalue weighted by atomic mass is 16.5. The first-order valence-electron chi connectivity index (χ1n) is 5.97. The molecule has 20 heavy (non-hydrogen) atoms. The Morgan fingerprint density at radius 1 is 1.45 bits per heavy atom. The second-order valence-electron chi connectivity index (χ2n) is 3.96. The van der Waals surface area contributed by atoms with Gasteiger partial charge in [0.05, 0.1) is 12.3 Å². The van der Waals surface area contributed by atoms with Crippen LogP contribution in [0.15, 0.2) is 30.3 Å². The normalized spacial score (nSPS) is 10.0. The summed E-state index contributed by atoms with van der Waals surface area (Å²) >= 11 is 0. The zero-order valence-corrected chi connectivity index (χ0v) is 10.8. The topological polar surface area (TPSA) is 101 Å². The van der Waals surface area contributed by atoms with E-state index in [0.29, 0.717) is 5.69 Å². The van der Waals surface area contributed by atoms with E-state index in [2.05, 4.69) is 0 Å². The molecule has 1 aromatic carbocycles. The van der Waals surface area contributed by atoms with Crippen LogP contribution in [0.1, 0.15) is 23.0 Å². The number of para-hydroxylation sites is 1. The Morgan fingerprint density at radius 3 is 2.65 bits per heavy atom. The highest BCUT2D eigenvalue weighted by Gasteiger charge is 2.27. The lowest BCUT2D eigenvalue weighted by Crippen LogP contribution is -2.12. The van der Waals surface area contributed by atoms with Crippen LogP contribution >= 0.6 is 0 Å². The van der Waals surface area contributed by atoms with E-state index in [4.69, 9.17) is 15.7 Å². The molecular weight excluding hydrogens is 258 g/mol. The van der Waals surface area contributed by atoms with Gasteiger partial charge in [-0.25, -0.2) is 4.79 Å². The fourth-order valence-corrected chi connectivity index (χ4v) is 1.92. The van der Waals surface area contributed by atoms with Crippen molar-refractivity contribution in [2.75, 3.05) is 12.3 Å². The number of hydrogen-bond acceptors (Lipinski definition) is 5. The first-order valence-corrected chi connectivity index (χ1v) is 5.97. The summed E-state index contributed by atoms with van der Waals surface area (Å²) in [6.07, 6.45) is 0. The van der Waals surface area contributed by atoms with Crippen LogP contribution in [0.2, 0.25) is 0 Å². The van der Waals surface area contributed by atoms with Gasteiger partial charge in [0.1, 0.15) is 11.6 Å². The number of carbonyl (C=O) groups is 1. The van der Waals surface area contributed by atoms with E-state index in [9.17, 15) is 9.90 Å². The van der Waals surface area contributed by atoms with Crippen LogP contribution in [0.5, 0.6) is 5.88 Å². The molecule has 6 heteroatoms. The number of esters is 1. The number of rotatable bonds is 3. The molecule has 1 heterocycles. The number of ether oxygens (including phenoxy) is 1. The molecule has 0 aliphatic heterocycles. The van der Waals surface area contributed by atoms with Gasteiger partial charge in [0, 0.05) is 5.69 Å². The Labute approximate surface area is 115 Å². The maximum atomic E-state index is 12.0. The predicted octanol–water partition coefficient (Wildman–Crippen LogP) is 1.81. The molecule has 0 saturated heterocycles. The number of benzene rings is 1. The minimum absolute atomic E-state index is 0.0490. The van der Waals surface area contributed by atoms with Crippen LogP contribution in [0.25, 0.3) is 5.69 Å². The molecule has 102 valence electrons. The van der Waals surface area contributed by atoms with E-state index in [-0.39, 0.29) is 29.4 Å². The molecule has 2 aromatic rings. The summed E-state index contributed by atoms with van der Waals surface area (Å²) in [5, 5.41) is 19.2. The van der Waals surface area contributed by atoms with E-state index in [1.54, 1.807) is 43.3 Å². The first kappa shape index (κ1) is 13.5. The summed E-state index contributed by atoms with van der Waals surface area (Å²) in [7, 11) is 0. The highest BCUT2D eigenvalue weighted by Crippen LogP contribution is 2.33. The van der Waals surface area contributed by atoms with Gasteiger partial charge in [-0.15, -0.1) is 0 Å². The molecule has 0 aliphatic carbocycles. The van der Waals surface area contributed by atoms with E-state index >= 15 is 0 Å². The third-order valence-electron chi connectivity index (χ3n) is 2.78. The minimum Gasteiger partial charge on any atom is -0.493 e. The summed E-state index contributed by atoms with van der Waals surface area (Å²) in [5.41, 5.74) is 6.01. The van der Waals surface area contributed by atoms with Crippen molar-refractivity contribution >= 4 is 11.7 Å². The maximum absolute atomic E-state index is 12.0. The van der Waals surface area contributed by atoms with Crippen molar-refractivity contribution in [3.63, 3.8) is 0 Å². The number of nitrogens with zero attached hydrogens (tertiary/aromatic N) is 2. The number of nitrogens with two attached hydrogens (primary N) is 1. The van der Waals surface area contributed by atoms with E-state index in [1.165, 1.54) is 4.57 Å². The third-order valence-corrected chi connectivity index (χ3v) is 2.78. The van der Waals surface area contributed by atoms with Gasteiger partial charge in [-0.3, -0.25) is 4.57 Å². The van der Waals surface area contributed by atoms with E-state index in [1.807, 2.05) is 0 Å². The minimum atomic E-state index is -0.689. The van der Waals surface area contributed by atoms with Crippen molar-refractivity contribution in [2.24, 2.45) is 0 Å². The number of hydrogen-bond donors (Lipinski definition) is 2. The number of aromatic hydroxyl groups is 1. The van der Waals surface area contributed by atoms with Gasteiger partial charge in [0.2, 0.25) is 5.88 Å². The van der Waals surface area contributed by atoms with Crippen molar-refractivity contribution in [3.05, 3.63) is 41.6 Å². The van der Waals surface area contributed by atoms with Gasteiger partial charge in [0.25, 0.3) is 0 Å². The fraction of sp³-hybridized carbons (Fsp3) is 0.143. The quantitative estimate of drug-likeness (QED) is 0.829. The van der Waals surface area contributed by atoms with Gasteiger partial charge in [0.15, 0.2) is 5.69 Å². The van der Waals surface area contributed by atoms with Gasteiger partial charge in [-0.05, 0) is 19.1 Å². The third kappa shape index (κ3) is 2.06. The van der Waals surface area contributed by atoms with Crippen LogP contribution in [-0.2, 0) is 4.74 Å². The molecule has 0 radical (unpaired) electrons. The largest absolute Gasteiger partial charge is 0.493 e. The Bertz CT molecular complexity index is 684. The molecule has 0 atom stereocenters. The highest BCUT2D eigenvalue weighted by molar-refractivity contribution is 5.97. The maximum Gasteiger partial charge on any atom is 0.357 e. The molecule has 6 nitrogen and oxygen atoms in total. The molecule has 3 N–H and O–H groups in total. The second-order valence-corrected chi connectivity index (χ2v) is 3.96. The average Bonchev–Trinajstić information content (AvgIpc) is 2.71. The van der Waals surface area contributed by atoms with Gasteiger partial charge in [-0.1, -0.05) is 18.2 Å². The van der Waals surface area contributed by atoms with Crippen LogP contribution < -0.4 is 5.73 Å². The summed E-state index contributed by atoms with van der Waals surface area (Å²) < 4.78 is 6.14. The zero-order chi connectivity index (χ0) is 14.7. The Kier molecular flexibility index (Phi) is 3.62. The Balaban J connectivity index is 2.73. The van der Waals surface area contributed by atoms with Crippen molar-refractivity contribution in [2.45, 2.75) is 6.92 Å². The number of nitrogen functional groups attached to an aromatic ring is 1. The first-order chi connectivity index (χ1) is 9.61. The smallest absolute Gasteiger partial charge is 0.357 e. The molecule has 0 saturated carbocycles. The second kappa shape index (κ2) is 5.36. The lowest BCUT2D eigenvalue weighted by Gasteiger charge is -2.09. The van der Waals surface area contributed by atoms with Crippen molar-refractivity contribution < 1.29 is 14.6 Å². The van der Waals surface area contributed by atoms with Crippen LogP contribution in [0.4, 0.5) is 5.69 Å². The number of nitriles is 1. The molecular formula is C14H13N3O3. The molecule has 0 aliphatic rings. The molecule has 2 rings (SSSR count). The van der Waals surface area contributed by atoms with E-state index < -0.39 is 5.97 Å². The lowest BCUT2D eigenvalue weighted by molar-refractivity contribution is 0.0517. The summed E-state index contributed by atoms with van der Waals surface area (Å²) in [6.45, 7) is 1.83. The molecule has 0 fully saturated rings. The molecule has 1 aromatic heterocycles. The van der Waals surface area contributed by atoms with Crippen molar-refractivity contribution in [1.82, 2.24) is 4.57 Å². The fourth-order valence-electron chi connectivity index (χ4n) is 1.92. The van der Waals surface area contributed by atoms with E-state index in [0.717, 1.165) is 0 Å². The number of aromatic nitrogens is 1. The summed E-state index contributed by atoms with van der Waals surface area (Å²) in [5.74, 6) is -1.06. The molecule has 0 unspecified atom stereocenters. The van der Waals surface area contributed by atoms with Gasteiger partial charge >= 0.3 is 5.97 Å². The Hall–Kier alpha value is -2.94. The molecule has 0 amide bonds. The lowest BCUT2D eigenvalue weighted by atomic mass is 10.2. The monoisotopic (exact) mass is 271 g/mol. The summed E-state index contributed by atoms with van der Waals surface area (Å²) in [4.78, 5) is 12.0. The number of carbonyl (C=O) groups excluding carboxylic acids is 1. The van der Waals surface area contributed by atoms with Gasteiger partial charge < -0.3 is 15.6 Å². The molecule has 0 bridgehead atoms. The average molecular weight is 271 g/mol. The standard InChI is InChI=1S/C14H13N3O3/c1-2-20-14(19)12-11(16)10(8-15)13(18)17(12)9-6-4-3-5-7-9/h3-7,18H,2,16H2,1H3. The van der Waals surface area contributed by atoms with Crippen LogP contribution in [-0.4, -0.2) is 22.2 Å². The zero-order valence-electron chi connectivity index (χ0n) is 10.8. The predicted molar refractivity (Wildman–Crippen MR) is 72.5 cm³/mol. The SMILES string of the molecule is CCOC(=O)c1c(N)c(C#N)c(O)n1-c1ccccc1. The van der Waals surface area contributed by atoms with Gasteiger partial charge in [-0.2, -0.15) is 5.26 Å². The molecule has 0 spiro atoms. The number of anilines is 1. The summed E-state index contributed by atoms with van der Waals surface area (Å²) in [6, 6.07) is 10.4. The Morgan fingerprint density at radius 2 is 2.10 bits per heavy atom.